The summed E-state index contributed by atoms with van der Waals surface area (Å²) < 4.78 is 5.50. The molecule has 3 heterocycles. The zero-order valence-electron chi connectivity index (χ0n) is 15.3. The molecule has 0 unspecified atom stereocenters. The van der Waals surface area contributed by atoms with Crippen LogP contribution in [-0.4, -0.2) is 61.6 Å². The van der Waals surface area contributed by atoms with Crippen molar-refractivity contribution in [3.05, 3.63) is 30.5 Å². The van der Waals surface area contributed by atoms with E-state index in [4.69, 9.17) is 9.72 Å². The zero-order chi connectivity index (χ0) is 17.8. The second-order valence-electron chi connectivity index (χ2n) is 6.81. The van der Waals surface area contributed by atoms with Gasteiger partial charge in [-0.3, -0.25) is 0 Å². The van der Waals surface area contributed by atoms with Gasteiger partial charge in [-0.05, 0) is 31.4 Å². The lowest BCUT2D eigenvalue weighted by Crippen LogP contribution is -2.47. The highest BCUT2D eigenvalue weighted by molar-refractivity contribution is 5.59. The standard InChI is InChI=1S/C19H26N6O/c1-26-17-8-4-3-7-16(17)23-11-13-24(14-12-23)18-15-20-22-19(21-18)25-9-5-2-6-10-25/h3-4,7-8,15H,2,5-6,9-14H2,1H3. The van der Waals surface area contributed by atoms with E-state index in [2.05, 4.69) is 37.0 Å². The molecule has 4 rings (SSSR count). The molecular weight excluding hydrogens is 328 g/mol. The van der Waals surface area contributed by atoms with Crippen LogP contribution in [0.3, 0.4) is 0 Å². The molecule has 138 valence electrons. The molecule has 2 saturated heterocycles. The minimum absolute atomic E-state index is 0.773. The zero-order valence-corrected chi connectivity index (χ0v) is 15.3. The molecule has 0 spiro atoms. The number of benzene rings is 1. The Kier molecular flexibility index (Phi) is 5.04. The first kappa shape index (κ1) is 16.9. The van der Waals surface area contributed by atoms with Gasteiger partial charge in [0.1, 0.15) is 5.75 Å². The number of rotatable bonds is 4. The Labute approximate surface area is 154 Å². The third-order valence-corrected chi connectivity index (χ3v) is 5.20. The quantitative estimate of drug-likeness (QED) is 0.834. The van der Waals surface area contributed by atoms with Crippen molar-refractivity contribution in [1.29, 1.82) is 0 Å². The summed E-state index contributed by atoms with van der Waals surface area (Å²) in [6, 6.07) is 8.20. The maximum atomic E-state index is 5.50. The number of hydrogen-bond acceptors (Lipinski definition) is 7. The van der Waals surface area contributed by atoms with Crippen molar-refractivity contribution >= 4 is 17.5 Å². The van der Waals surface area contributed by atoms with Crippen LogP contribution < -0.4 is 19.4 Å². The first-order chi connectivity index (χ1) is 12.8. The van der Waals surface area contributed by atoms with Crippen LogP contribution in [0.25, 0.3) is 0 Å². The summed E-state index contributed by atoms with van der Waals surface area (Å²) >= 11 is 0. The van der Waals surface area contributed by atoms with Gasteiger partial charge in [0.25, 0.3) is 0 Å². The van der Waals surface area contributed by atoms with E-state index in [1.165, 1.54) is 19.3 Å². The Bertz CT molecular complexity index is 725. The van der Waals surface area contributed by atoms with Crippen molar-refractivity contribution in [1.82, 2.24) is 15.2 Å². The van der Waals surface area contributed by atoms with E-state index in [1.54, 1.807) is 13.3 Å². The van der Waals surface area contributed by atoms with E-state index in [9.17, 15) is 0 Å². The van der Waals surface area contributed by atoms with Gasteiger partial charge in [0.2, 0.25) is 5.95 Å². The van der Waals surface area contributed by atoms with E-state index >= 15 is 0 Å². The predicted octanol–water partition coefficient (Wildman–Crippen LogP) is 2.20. The number of methoxy groups -OCH3 is 1. The van der Waals surface area contributed by atoms with Gasteiger partial charge in [-0.1, -0.05) is 12.1 Å². The highest BCUT2D eigenvalue weighted by Crippen LogP contribution is 2.29. The molecule has 0 saturated carbocycles. The highest BCUT2D eigenvalue weighted by Gasteiger charge is 2.22. The minimum atomic E-state index is 0.773. The molecule has 2 fully saturated rings. The molecule has 7 nitrogen and oxygen atoms in total. The molecule has 26 heavy (non-hydrogen) atoms. The second kappa shape index (κ2) is 7.76. The van der Waals surface area contributed by atoms with Gasteiger partial charge in [0, 0.05) is 39.3 Å². The monoisotopic (exact) mass is 354 g/mol. The van der Waals surface area contributed by atoms with Crippen LogP contribution in [0.2, 0.25) is 0 Å². The third kappa shape index (κ3) is 3.52. The van der Waals surface area contributed by atoms with Gasteiger partial charge in [-0.25, -0.2) is 0 Å². The molecule has 2 aliphatic heterocycles. The van der Waals surface area contributed by atoms with Crippen LogP contribution in [0.1, 0.15) is 19.3 Å². The van der Waals surface area contributed by atoms with Crippen LogP contribution in [0.5, 0.6) is 5.75 Å². The molecule has 2 aliphatic rings. The average molecular weight is 354 g/mol. The Morgan fingerprint density at radius 1 is 0.846 bits per heavy atom. The fourth-order valence-electron chi connectivity index (χ4n) is 3.73. The third-order valence-electron chi connectivity index (χ3n) is 5.20. The number of piperazine rings is 1. The van der Waals surface area contributed by atoms with Gasteiger partial charge in [0.15, 0.2) is 5.82 Å². The first-order valence-electron chi connectivity index (χ1n) is 9.43. The van der Waals surface area contributed by atoms with Crippen LogP contribution in [0.4, 0.5) is 17.5 Å². The van der Waals surface area contributed by atoms with E-state index in [0.29, 0.717) is 0 Å². The first-order valence-corrected chi connectivity index (χ1v) is 9.43. The number of aromatic nitrogens is 3. The topological polar surface area (TPSA) is 57.6 Å². The summed E-state index contributed by atoms with van der Waals surface area (Å²) in [5, 5.41) is 8.46. The Balaban J connectivity index is 1.43. The lowest BCUT2D eigenvalue weighted by Gasteiger charge is -2.37. The molecular formula is C19H26N6O. The number of hydrogen-bond donors (Lipinski definition) is 0. The summed E-state index contributed by atoms with van der Waals surface area (Å²) in [6.07, 6.45) is 5.51. The normalized spacial score (nSPS) is 18.1. The number of nitrogens with zero attached hydrogens (tertiary/aromatic N) is 6. The van der Waals surface area contributed by atoms with Crippen LogP contribution in [0.15, 0.2) is 30.5 Å². The van der Waals surface area contributed by atoms with Gasteiger partial charge < -0.3 is 19.4 Å². The number of piperidine rings is 1. The summed E-state index contributed by atoms with van der Waals surface area (Å²) in [5.41, 5.74) is 1.16. The summed E-state index contributed by atoms with van der Waals surface area (Å²) in [7, 11) is 1.73. The maximum absolute atomic E-state index is 5.50. The largest absolute Gasteiger partial charge is 0.495 e. The smallest absolute Gasteiger partial charge is 0.247 e. The summed E-state index contributed by atoms with van der Waals surface area (Å²) in [6.45, 7) is 5.76. The van der Waals surface area contributed by atoms with E-state index < -0.39 is 0 Å². The molecule has 0 aliphatic carbocycles. The average Bonchev–Trinajstić information content (AvgIpc) is 2.74. The Hall–Kier alpha value is -2.57. The van der Waals surface area contributed by atoms with Crippen molar-refractivity contribution in [2.75, 3.05) is 61.1 Å². The number of para-hydroxylation sites is 2. The van der Waals surface area contributed by atoms with E-state index in [-0.39, 0.29) is 0 Å². The van der Waals surface area contributed by atoms with Crippen molar-refractivity contribution < 1.29 is 4.74 Å². The van der Waals surface area contributed by atoms with Gasteiger partial charge in [0.05, 0.1) is 19.0 Å². The van der Waals surface area contributed by atoms with Crippen LogP contribution in [-0.2, 0) is 0 Å². The van der Waals surface area contributed by atoms with Gasteiger partial charge in [-0.2, -0.15) is 10.1 Å². The van der Waals surface area contributed by atoms with Crippen LogP contribution >= 0.6 is 0 Å². The predicted molar refractivity (Wildman–Crippen MR) is 103 cm³/mol. The molecule has 7 heteroatoms. The summed E-state index contributed by atoms with van der Waals surface area (Å²) in [4.78, 5) is 11.7. The fourth-order valence-corrected chi connectivity index (χ4v) is 3.73. The minimum Gasteiger partial charge on any atom is -0.495 e. The van der Waals surface area contributed by atoms with Crippen molar-refractivity contribution in [3.63, 3.8) is 0 Å². The lowest BCUT2D eigenvalue weighted by atomic mass is 10.1. The molecule has 0 amide bonds. The van der Waals surface area contributed by atoms with Crippen molar-refractivity contribution in [2.24, 2.45) is 0 Å². The second-order valence-corrected chi connectivity index (χ2v) is 6.81. The maximum Gasteiger partial charge on any atom is 0.247 e. The van der Waals surface area contributed by atoms with Crippen LogP contribution in [0, 0.1) is 0 Å². The van der Waals surface area contributed by atoms with Gasteiger partial charge in [-0.15, -0.1) is 5.10 Å². The molecule has 1 aromatic heterocycles. The van der Waals surface area contributed by atoms with Gasteiger partial charge >= 0.3 is 0 Å². The fraction of sp³-hybridized carbons (Fsp3) is 0.526. The Morgan fingerprint density at radius 3 is 2.35 bits per heavy atom. The molecule has 1 aromatic carbocycles. The molecule has 0 bridgehead atoms. The van der Waals surface area contributed by atoms with E-state index in [0.717, 1.165) is 62.5 Å². The molecule has 0 atom stereocenters. The number of anilines is 3. The molecule has 2 aromatic rings. The van der Waals surface area contributed by atoms with Crippen molar-refractivity contribution in [2.45, 2.75) is 19.3 Å². The highest BCUT2D eigenvalue weighted by atomic mass is 16.5. The van der Waals surface area contributed by atoms with Crippen molar-refractivity contribution in [3.8, 4) is 5.75 Å². The molecule has 0 N–H and O–H groups in total. The SMILES string of the molecule is COc1ccccc1N1CCN(c2cnnc(N3CCCCC3)n2)CC1. The Morgan fingerprint density at radius 2 is 1.58 bits per heavy atom. The lowest BCUT2D eigenvalue weighted by molar-refractivity contribution is 0.413. The van der Waals surface area contributed by atoms with E-state index in [1.807, 2.05) is 12.1 Å². The summed E-state index contributed by atoms with van der Waals surface area (Å²) in [5.74, 6) is 2.63. The number of ether oxygens (including phenoxy) is 1. The molecule has 0 radical (unpaired) electrons.